The quantitative estimate of drug-likeness (QED) is 0.104. The number of hydrazone groups is 1. The van der Waals surface area contributed by atoms with Crippen LogP contribution in [-0.2, 0) is 4.79 Å². The van der Waals surface area contributed by atoms with Crippen LogP contribution in [-0.4, -0.2) is 43.8 Å². The minimum atomic E-state index is -0.645. The molecule has 0 atom stereocenters. The summed E-state index contributed by atoms with van der Waals surface area (Å²) >= 11 is 0. The summed E-state index contributed by atoms with van der Waals surface area (Å²) in [6, 6.07) is 21.2. The minimum Gasteiger partial charge on any atom is -0.493 e. The van der Waals surface area contributed by atoms with Gasteiger partial charge in [0.25, 0.3) is 5.91 Å². The van der Waals surface area contributed by atoms with Crippen molar-refractivity contribution in [3.63, 3.8) is 0 Å². The standard InChI is InChI=1S/C28H23N3O8/c1-36-25-14-12-19(15-26(25)37-2)28(33)39-23-13-11-18-7-3-4-8-20(18)21(23)16-29-30-27(32)17-38-24-10-6-5-9-22(24)31(34)35/h3-16H,17H2,1-2H3,(H,30,32)/b29-16+. The number of methoxy groups -OCH3 is 2. The number of carbonyl (C=O) groups is 2. The van der Waals surface area contributed by atoms with Crippen molar-refractivity contribution in [1.29, 1.82) is 0 Å². The number of nitrogens with one attached hydrogen (secondary N) is 1. The molecule has 4 aromatic carbocycles. The van der Waals surface area contributed by atoms with Crippen LogP contribution in [0.1, 0.15) is 15.9 Å². The maximum atomic E-state index is 13.0. The third-order valence-electron chi connectivity index (χ3n) is 5.56. The van der Waals surface area contributed by atoms with Gasteiger partial charge in [-0.15, -0.1) is 0 Å². The molecule has 0 spiro atoms. The van der Waals surface area contributed by atoms with Crippen LogP contribution >= 0.6 is 0 Å². The molecule has 0 fully saturated rings. The highest BCUT2D eigenvalue weighted by Crippen LogP contribution is 2.30. The number of nitro groups is 1. The first-order chi connectivity index (χ1) is 18.9. The van der Waals surface area contributed by atoms with Crippen LogP contribution in [0.4, 0.5) is 5.69 Å². The second kappa shape index (κ2) is 12.2. The number of esters is 1. The average molecular weight is 530 g/mol. The van der Waals surface area contributed by atoms with E-state index in [2.05, 4.69) is 10.5 Å². The molecule has 0 aliphatic carbocycles. The fraction of sp³-hybridized carbons (Fsp3) is 0.107. The van der Waals surface area contributed by atoms with E-state index in [9.17, 15) is 19.7 Å². The van der Waals surface area contributed by atoms with Gasteiger partial charge in [-0.1, -0.05) is 42.5 Å². The predicted octanol–water partition coefficient (Wildman–Crippen LogP) is 4.51. The lowest BCUT2D eigenvalue weighted by molar-refractivity contribution is -0.385. The average Bonchev–Trinajstić information content (AvgIpc) is 2.96. The number of hydrogen-bond acceptors (Lipinski definition) is 9. The van der Waals surface area contributed by atoms with Crippen molar-refractivity contribution in [3.05, 3.63) is 100 Å². The molecule has 39 heavy (non-hydrogen) atoms. The SMILES string of the molecule is COc1ccc(C(=O)Oc2ccc3ccccc3c2/C=N/NC(=O)COc2ccccc2[N+](=O)[O-])cc1OC. The number of carbonyl (C=O) groups excluding carboxylic acids is 2. The van der Waals surface area contributed by atoms with E-state index in [0.29, 0.717) is 17.1 Å². The topological polar surface area (TPSA) is 139 Å². The van der Waals surface area contributed by atoms with Crippen LogP contribution in [0.25, 0.3) is 10.8 Å². The zero-order valence-corrected chi connectivity index (χ0v) is 21.0. The van der Waals surface area contributed by atoms with Crippen molar-refractivity contribution in [1.82, 2.24) is 5.43 Å². The summed E-state index contributed by atoms with van der Waals surface area (Å²) in [5.74, 6) is -0.272. The van der Waals surface area contributed by atoms with Gasteiger partial charge in [-0.2, -0.15) is 5.10 Å². The number of nitrogens with zero attached hydrogens (tertiary/aromatic N) is 2. The zero-order valence-electron chi connectivity index (χ0n) is 21.0. The van der Waals surface area contributed by atoms with Crippen LogP contribution in [0, 0.1) is 10.1 Å². The number of hydrogen-bond donors (Lipinski definition) is 1. The number of fused-ring (bicyclic) bond motifs is 1. The lowest BCUT2D eigenvalue weighted by Crippen LogP contribution is -2.24. The summed E-state index contributed by atoms with van der Waals surface area (Å²) in [4.78, 5) is 35.8. The number of rotatable bonds is 10. The van der Waals surface area contributed by atoms with Gasteiger partial charge < -0.3 is 18.9 Å². The molecule has 198 valence electrons. The maximum Gasteiger partial charge on any atom is 0.343 e. The van der Waals surface area contributed by atoms with E-state index in [-0.39, 0.29) is 22.7 Å². The first-order valence-corrected chi connectivity index (χ1v) is 11.6. The third-order valence-corrected chi connectivity index (χ3v) is 5.56. The molecule has 1 amide bonds. The van der Waals surface area contributed by atoms with E-state index in [1.807, 2.05) is 24.3 Å². The van der Waals surface area contributed by atoms with Crippen molar-refractivity contribution in [2.24, 2.45) is 5.10 Å². The summed E-state index contributed by atoms with van der Waals surface area (Å²) in [7, 11) is 2.96. The fourth-order valence-corrected chi connectivity index (χ4v) is 3.69. The Kier molecular flexibility index (Phi) is 8.32. The van der Waals surface area contributed by atoms with E-state index >= 15 is 0 Å². The smallest absolute Gasteiger partial charge is 0.343 e. The minimum absolute atomic E-state index is 0.0416. The summed E-state index contributed by atoms with van der Waals surface area (Å²) < 4.78 is 21.4. The Morgan fingerprint density at radius 2 is 1.62 bits per heavy atom. The van der Waals surface area contributed by atoms with Gasteiger partial charge >= 0.3 is 11.7 Å². The Balaban J connectivity index is 1.52. The summed E-state index contributed by atoms with van der Waals surface area (Å²) in [5.41, 5.74) is 2.75. The first kappa shape index (κ1) is 26.6. The van der Waals surface area contributed by atoms with Crippen molar-refractivity contribution in [3.8, 4) is 23.0 Å². The van der Waals surface area contributed by atoms with Gasteiger partial charge in [-0.3, -0.25) is 14.9 Å². The van der Waals surface area contributed by atoms with Gasteiger partial charge in [0.05, 0.1) is 30.9 Å². The summed E-state index contributed by atoms with van der Waals surface area (Å²) in [5, 5.41) is 16.7. The molecule has 4 rings (SSSR count). The molecule has 4 aromatic rings. The van der Waals surface area contributed by atoms with Gasteiger partial charge in [0.15, 0.2) is 23.9 Å². The van der Waals surface area contributed by atoms with Crippen LogP contribution in [0.3, 0.4) is 0 Å². The Morgan fingerprint density at radius 1 is 0.897 bits per heavy atom. The lowest BCUT2D eigenvalue weighted by atomic mass is 10.0. The first-order valence-electron chi connectivity index (χ1n) is 11.6. The molecule has 11 nitrogen and oxygen atoms in total. The molecule has 0 radical (unpaired) electrons. The molecule has 1 N–H and O–H groups in total. The molecule has 0 aromatic heterocycles. The number of nitro benzene ring substituents is 1. The largest absolute Gasteiger partial charge is 0.493 e. The van der Waals surface area contributed by atoms with Gasteiger partial charge in [-0.05, 0) is 41.1 Å². The van der Waals surface area contributed by atoms with Gasteiger partial charge in [-0.25, -0.2) is 10.2 Å². The zero-order chi connectivity index (χ0) is 27.8. The molecule has 0 unspecified atom stereocenters. The van der Waals surface area contributed by atoms with Crippen LogP contribution < -0.4 is 24.4 Å². The Morgan fingerprint density at radius 3 is 2.38 bits per heavy atom. The normalized spacial score (nSPS) is 10.7. The summed E-state index contributed by atoms with van der Waals surface area (Å²) in [6.07, 6.45) is 1.35. The van der Waals surface area contributed by atoms with Crippen LogP contribution in [0.2, 0.25) is 0 Å². The second-order valence-corrected chi connectivity index (χ2v) is 7.96. The van der Waals surface area contributed by atoms with Crippen LogP contribution in [0.5, 0.6) is 23.0 Å². The van der Waals surface area contributed by atoms with Crippen molar-refractivity contribution >= 4 is 34.6 Å². The number of para-hydroxylation sites is 2. The third kappa shape index (κ3) is 6.28. The molecular weight excluding hydrogens is 506 g/mol. The molecule has 0 aliphatic heterocycles. The van der Waals surface area contributed by atoms with E-state index in [1.165, 1.54) is 44.7 Å². The molecule has 0 saturated heterocycles. The van der Waals surface area contributed by atoms with E-state index in [1.54, 1.807) is 30.3 Å². The number of amides is 1. The molecule has 11 heteroatoms. The van der Waals surface area contributed by atoms with Gasteiger partial charge in [0.2, 0.25) is 0 Å². The fourth-order valence-electron chi connectivity index (χ4n) is 3.69. The maximum absolute atomic E-state index is 13.0. The highest BCUT2D eigenvalue weighted by atomic mass is 16.6. The summed E-state index contributed by atoms with van der Waals surface area (Å²) in [6.45, 7) is -0.501. The molecule has 0 bridgehead atoms. The number of benzene rings is 4. The van der Waals surface area contributed by atoms with Gasteiger partial charge in [0.1, 0.15) is 5.75 Å². The van der Waals surface area contributed by atoms with Crippen LogP contribution in [0.15, 0.2) is 84.0 Å². The molecule has 0 aliphatic rings. The Bertz CT molecular complexity index is 1570. The Hall–Kier alpha value is -5.45. The predicted molar refractivity (Wildman–Crippen MR) is 143 cm³/mol. The molecule has 0 heterocycles. The molecule has 0 saturated carbocycles. The van der Waals surface area contributed by atoms with E-state index < -0.39 is 23.4 Å². The van der Waals surface area contributed by atoms with Crippen molar-refractivity contribution in [2.75, 3.05) is 20.8 Å². The Labute approximate surface area is 222 Å². The van der Waals surface area contributed by atoms with Crippen molar-refractivity contribution < 1.29 is 33.5 Å². The number of ether oxygens (including phenoxy) is 4. The lowest BCUT2D eigenvalue weighted by Gasteiger charge is -2.12. The highest BCUT2D eigenvalue weighted by Gasteiger charge is 2.17. The van der Waals surface area contributed by atoms with E-state index in [4.69, 9.17) is 18.9 Å². The second-order valence-electron chi connectivity index (χ2n) is 7.96. The van der Waals surface area contributed by atoms with Gasteiger partial charge in [0, 0.05) is 11.6 Å². The highest BCUT2D eigenvalue weighted by molar-refractivity contribution is 6.04. The monoisotopic (exact) mass is 529 g/mol. The van der Waals surface area contributed by atoms with Crippen molar-refractivity contribution in [2.45, 2.75) is 0 Å². The molecular formula is C28H23N3O8. The van der Waals surface area contributed by atoms with E-state index in [0.717, 1.165) is 10.8 Å².